The number of oxime groups is 1. The molecule has 0 aliphatic carbocycles. The SMILES string of the molecule is CC1C(C2=CN(c3ccnc4[nH]ccc34)CCS2)=NOC1CN. The number of nitrogens with zero attached hydrogens (tertiary/aromatic N) is 3. The third kappa shape index (κ3) is 2.49. The van der Waals surface area contributed by atoms with Crippen LogP contribution >= 0.6 is 11.8 Å². The van der Waals surface area contributed by atoms with E-state index >= 15 is 0 Å². The molecule has 2 aromatic heterocycles. The van der Waals surface area contributed by atoms with Crippen molar-refractivity contribution >= 4 is 34.2 Å². The molecule has 0 saturated heterocycles. The van der Waals surface area contributed by atoms with Gasteiger partial charge in [-0.2, -0.15) is 0 Å². The first-order valence-electron chi connectivity index (χ1n) is 7.75. The first kappa shape index (κ1) is 14.6. The monoisotopic (exact) mass is 329 g/mol. The van der Waals surface area contributed by atoms with E-state index < -0.39 is 0 Å². The van der Waals surface area contributed by atoms with Crippen LogP contribution in [-0.2, 0) is 4.84 Å². The van der Waals surface area contributed by atoms with Crippen molar-refractivity contribution in [3.63, 3.8) is 0 Å². The van der Waals surface area contributed by atoms with E-state index in [0.29, 0.717) is 6.54 Å². The number of nitrogens with two attached hydrogens (primary N) is 1. The molecule has 0 fully saturated rings. The fourth-order valence-corrected chi connectivity index (χ4v) is 4.10. The molecule has 3 N–H and O–H groups in total. The molecule has 0 amide bonds. The lowest BCUT2D eigenvalue weighted by Crippen LogP contribution is -2.31. The predicted molar refractivity (Wildman–Crippen MR) is 94.5 cm³/mol. The first-order chi connectivity index (χ1) is 11.3. The number of rotatable bonds is 3. The molecule has 0 saturated carbocycles. The average Bonchev–Trinajstić information content (AvgIpc) is 3.20. The fraction of sp³-hybridized carbons (Fsp3) is 0.375. The number of pyridine rings is 1. The maximum atomic E-state index is 5.74. The highest BCUT2D eigenvalue weighted by Crippen LogP contribution is 2.34. The van der Waals surface area contributed by atoms with Gasteiger partial charge < -0.3 is 20.5 Å². The van der Waals surface area contributed by atoms with E-state index in [1.807, 2.05) is 24.2 Å². The Hall–Kier alpha value is -1.99. The van der Waals surface area contributed by atoms with E-state index in [0.717, 1.165) is 34.7 Å². The molecule has 7 heteroatoms. The van der Waals surface area contributed by atoms with Crippen molar-refractivity contribution in [2.24, 2.45) is 16.8 Å². The average molecular weight is 329 g/mol. The van der Waals surface area contributed by atoms with Gasteiger partial charge in [0.25, 0.3) is 0 Å². The number of thioether (sulfide) groups is 1. The summed E-state index contributed by atoms with van der Waals surface area (Å²) >= 11 is 1.83. The Morgan fingerprint density at radius 2 is 2.39 bits per heavy atom. The van der Waals surface area contributed by atoms with Gasteiger partial charge in [0, 0.05) is 53.6 Å². The summed E-state index contributed by atoms with van der Waals surface area (Å²) in [6.45, 7) is 3.58. The minimum atomic E-state index is -0.0146. The van der Waals surface area contributed by atoms with Gasteiger partial charge in [-0.25, -0.2) is 4.98 Å². The Kier molecular flexibility index (Phi) is 3.74. The molecular formula is C16H19N5OS. The highest BCUT2D eigenvalue weighted by molar-refractivity contribution is 8.04. The molecule has 4 heterocycles. The zero-order valence-electron chi connectivity index (χ0n) is 12.9. The molecule has 2 unspecified atom stereocenters. The van der Waals surface area contributed by atoms with Crippen LogP contribution in [0.25, 0.3) is 11.0 Å². The summed E-state index contributed by atoms with van der Waals surface area (Å²) in [6, 6.07) is 4.12. The van der Waals surface area contributed by atoms with Gasteiger partial charge in [-0.3, -0.25) is 0 Å². The maximum Gasteiger partial charge on any atom is 0.147 e. The number of hydrogen-bond donors (Lipinski definition) is 2. The lowest BCUT2D eigenvalue weighted by molar-refractivity contribution is 0.0722. The standard InChI is InChI=1S/C16H19N5OS/c1-10-13(8-17)22-20-15(10)14-9-21(6-7-23-14)12-3-5-19-16-11(12)2-4-18-16/h2-5,9-10,13H,6-8,17H2,1H3,(H,18,19). The third-order valence-electron chi connectivity index (χ3n) is 4.37. The topological polar surface area (TPSA) is 79.5 Å². The van der Waals surface area contributed by atoms with E-state index in [1.54, 1.807) is 0 Å². The van der Waals surface area contributed by atoms with Crippen LogP contribution in [0, 0.1) is 5.92 Å². The Balaban J connectivity index is 1.68. The highest BCUT2D eigenvalue weighted by atomic mass is 32.2. The van der Waals surface area contributed by atoms with Crippen molar-refractivity contribution in [1.82, 2.24) is 9.97 Å². The van der Waals surface area contributed by atoms with E-state index in [2.05, 4.69) is 45.3 Å². The summed E-state index contributed by atoms with van der Waals surface area (Å²) in [4.78, 5) is 16.4. The molecule has 6 nitrogen and oxygen atoms in total. The molecule has 23 heavy (non-hydrogen) atoms. The zero-order chi connectivity index (χ0) is 15.8. The Morgan fingerprint density at radius 1 is 1.48 bits per heavy atom. The molecule has 0 aromatic carbocycles. The van der Waals surface area contributed by atoms with Crippen LogP contribution in [0.1, 0.15) is 6.92 Å². The summed E-state index contributed by atoms with van der Waals surface area (Å²) < 4.78 is 0. The summed E-state index contributed by atoms with van der Waals surface area (Å²) in [6.07, 6.45) is 5.92. The summed E-state index contributed by atoms with van der Waals surface area (Å²) in [5.41, 5.74) is 8.82. The largest absolute Gasteiger partial charge is 0.390 e. The van der Waals surface area contributed by atoms with Gasteiger partial charge in [-0.15, -0.1) is 11.8 Å². The fourth-order valence-electron chi connectivity index (χ4n) is 3.02. The van der Waals surface area contributed by atoms with Crippen molar-refractivity contribution in [2.45, 2.75) is 13.0 Å². The number of allylic oxidation sites excluding steroid dienone is 1. The number of aromatic nitrogens is 2. The molecule has 4 rings (SSSR count). The number of nitrogens with one attached hydrogen (secondary N) is 1. The molecule has 0 bridgehead atoms. The normalized spacial score (nSPS) is 24.5. The second-order valence-electron chi connectivity index (χ2n) is 5.75. The molecular weight excluding hydrogens is 310 g/mol. The number of H-pyrrole nitrogens is 1. The van der Waals surface area contributed by atoms with Gasteiger partial charge in [0.1, 0.15) is 17.5 Å². The van der Waals surface area contributed by atoms with Crippen molar-refractivity contribution < 1.29 is 4.84 Å². The minimum absolute atomic E-state index is 0.0146. The van der Waals surface area contributed by atoms with E-state index in [9.17, 15) is 0 Å². The number of fused-ring (bicyclic) bond motifs is 1. The second kappa shape index (κ2) is 5.90. The van der Waals surface area contributed by atoms with Gasteiger partial charge in [0.15, 0.2) is 0 Å². The van der Waals surface area contributed by atoms with Crippen LogP contribution < -0.4 is 10.6 Å². The van der Waals surface area contributed by atoms with Crippen LogP contribution in [0.3, 0.4) is 0 Å². The first-order valence-corrected chi connectivity index (χ1v) is 8.74. The number of aromatic amines is 1. The summed E-state index contributed by atoms with van der Waals surface area (Å²) in [7, 11) is 0. The van der Waals surface area contributed by atoms with Crippen molar-refractivity contribution in [3.8, 4) is 0 Å². The zero-order valence-corrected chi connectivity index (χ0v) is 13.7. The van der Waals surface area contributed by atoms with Crippen molar-refractivity contribution in [1.29, 1.82) is 0 Å². The van der Waals surface area contributed by atoms with E-state index in [-0.39, 0.29) is 12.0 Å². The van der Waals surface area contributed by atoms with Gasteiger partial charge >= 0.3 is 0 Å². The lowest BCUT2D eigenvalue weighted by Gasteiger charge is -2.27. The van der Waals surface area contributed by atoms with Crippen LogP contribution in [0.15, 0.2) is 40.8 Å². The van der Waals surface area contributed by atoms with Gasteiger partial charge in [0.05, 0.1) is 5.69 Å². The Labute approximate surface area is 138 Å². The Morgan fingerprint density at radius 3 is 3.22 bits per heavy atom. The third-order valence-corrected chi connectivity index (χ3v) is 5.38. The quantitative estimate of drug-likeness (QED) is 0.903. The van der Waals surface area contributed by atoms with Crippen LogP contribution in [0.4, 0.5) is 5.69 Å². The summed E-state index contributed by atoms with van der Waals surface area (Å²) in [5, 5.41) is 5.41. The molecule has 2 aliphatic rings. The summed E-state index contributed by atoms with van der Waals surface area (Å²) in [5.74, 6) is 1.24. The maximum absolute atomic E-state index is 5.74. The lowest BCUT2D eigenvalue weighted by atomic mass is 9.99. The molecule has 2 atom stereocenters. The van der Waals surface area contributed by atoms with E-state index in [1.165, 1.54) is 4.91 Å². The molecule has 2 aliphatic heterocycles. The van der Waals surface area contributed by atoms with Gasteiger partial charge in [0.2, 0.25) is 0 Å². The van der Waals surface area contributed by atoms with Crippen molar-refractivity contribution in [2.75, 3.05) is 23.7 Å². The minimum Gasteiger partial charge on any atom is -0.390 e. The molecule has 0 radical (unpaired) electrons. The van der Waals surface area contributed by atoms with Crippen LogP contribution in [0.5, 0.6) is 0 Å². The van der Waals surface area contributed by atoms with Gasteiger partial charge in [-0.05, 0) is 12.1 Å². The second-order valence-corrected chi connectivity index (χ2v) is 6.89. The van der Waals surface area contributed by atoms with Gasteiger partial charge in [-0.1, -0.05) is 12.1 Å². The molecule has 2 aromatic rings. The highest BCUT2D eigenvalue weighted by Gasteiger charge is 2.33. The number of hydrogen-bond acceptors (Lipinski definition) is 6. The molecule has 0 spiro atoms. The van der Waals surface area contributed by atoms with Crippen LogP contribution in [0.2, 0.25) is 0 Å². The van der Waals surface area contributed by atoms with Crippen LogP contribution in [-0.4, -0.2) is 40.6 Å². The number of anilines is 1. The van der Waals surface area contributed by atoms with Crippen molar-refractivity contribution in [3.05, 3.63) is 35.6 Å². The Bertz CT molecular complexity index is 784. The smallest absolute Gasteiger partial charge is 0.147 e. The molecule has 120 valence electrons. The van der Waals surface area contributed by atoms with E-state index in [4.69, 9.17) is 10.6 Å². The predicted octanol–water partition coefficient (Wildman–Crippen LogP) is 2.31.